The van der Waals surface area contributed by atoms with Crippen LogP contribution in [0.4, 0.5) is 0 Å². The molecule has 59 heavy (non-hydrogen) atoms. The van der Waals surface area contributed by atoms with Crippen LogP contribution in [0.2, 0.25) is 0 Å². The second-order valence-corrected chi connectivity index (χ2v) is 17.6. The Morgan fingerprint density at radius 2 is 0.983 bits per heavy atom. The molecule has 0 aliphatic rings. The van der Waals surface area contributed by atoms with Gasteiger partial charge in [-0.15, -0.1) is 0 Å². The molecular weight excluding hydrogens is 719 g/mol. The van der Waals surface area contributed by atoms with E-state index in [1.165, 1.54) is 71.6 Å². The van der Waals surface area contributed by atoms with E-state index in [4.69, 9.17) is 10.1 Å². The number of para-hydroxylation sites is 2. The highest BCUT2D eigenvalue weighted by atomic mass is 15.3. The quantitative estimate of drug-likeness (QED) is 0.175. The molecule has 0 radical (unpaired) electrons. The van der Waals surface area contributed by atoms with Crippen molar-refractivity contribution in [2.24, 2.45) is 0 Å². The van der Waals surface area contributed by atoms with E-state index in [2.05, 4.69) is 204 Å². The Labute approximate surface area is 346 Å². The Hall–Kier alpha value is -6.72. The number of hydrogen-bond donors (Lipinski definition) is 0. The molecule has 10 aromatic rings. The Bertz CT molecular complexity index is 3280. The molecule has 0 spiro atoms. The molecule has 0 N–H and O–H groups in total. The molecule has 0 bridgehead atoms. The molecule has 290 valence electrons. The number of rotatable bonds is 5. The van der Waals surface area contributed by atoms with Crippen molar-refractivity contribution in [3.63, 3.8) is 0 Å². The highest BCUT2D eigenvalue weighted by Gasteiger charge is 2.24. The molecule has 0 atom stereocenters. The summed E-state index contributed by atoms with van der Waals surface area (Å²) in [6, 6.07) is 44.8. The van der Waals surface area contributed by atoms with Crippen molar-refractivity contribution in [1.29, 1.82) is 0 Å². The van der Waals surface area contributed by atoms with Gasteiger partial charge in [0.2, 0.25) is 0 Å². The van der Waals surface area contributed by atoms with Gasteiger partial charge in [0.25, 0.3) is 0 Å². The van der Waals surface area contributed by atoms with Crippen LogP contribution in [0.3, 0.4) is 0 Å². The summed E-state index contributed by atoms with van der Waals surface area (Å²) >= 11 is 0. The minimum Gasteiger partial charge on any atom is -0.309 e. The van der Waals surface area contributed by atoms with Gasteiger partial charge in [0, 0.05) is 44.6 Å². The normalized spacial score (nSPS) is 12.2. The van der Waals surface area contributed by atoms with E-state index in [0.29, 0.717) is 0 Å². The minimum atomic E-state index is -0.00780. The number of benzene rings is 6. The zero-order chi connectivity index (χ0) is 40.9. The molecule has 4 heterocycles. The van der Waals surface area contributed by atoms with Gasteiger partial charge >= 0.3 is 0 Å². The Balaban J connectivity index is 1.24. The van der Waals surface area contributed by atoms with Crippen LogP contribution in [0.1, 0.15) is 59.7 Å². The van der Waals surface area contributed by atoms with E-state index in [0.717, 1.165) is 50.5 Å². The van der Waals surface area contributed by atoms with Crippen molar-refractivity contribution in [1.82, 2.24) is 23.9 Å². The van der Waals surface area contributed by atoms with Gasteiger partial charge in [-0.3, -0.25) is 4.57 Å². The second-order valence-electron chi connectivity index (χ2n) is 17.6. The summed E-state index contributed by atoms with van der Waals surface area (Å²) in [4.78, 5) is 4.97. The first-order valence-electron chi connectivity index (χ1n) is 20.7. The van der Waals surface area contributed by atoms with Gasteiger partial charge in [-0.25, -0.2) is 9.67 Å². The maximum atomic E-state index is 5.24. The van der Waals surface area contributed by atoms with E-state index in [-0.39, 0.29) is 5.41 Å². The monoisotopic (exact) mass is 767 g/mol. The summed E-state index contributed by atoms with van der Waals surface area (Å²) < 4.78 is 6.94. The van der Waals surface area contributed by atoms with Crippen LogP contribution < -0.4 is 0 Å². The van der Waals surface area contributed by atoms with Crippen molar-refractivity contribution < 1.29 is 0 Å². The Morgan fingerprint density at radius 1 is 0.475 bits per heavy atom. The zero-order valence-electron chi connectivity index (χ0n) is 35.4. The fourth-order valence-corrected chi connectivity index (χ4v) is 9.85. The maximum Gasteiger partial charge on any atom is 0.137 e. The molecule has 5 nitrogen and oxygen atoms in total. The summed E-state index contributed by atoms with van der Waals surface area (Å²) in [6.45, 7) is 20.0. The number of aromatic nitrogens is 5. The Kier molecular flexibility index (Phi) is 8.33. The van der Waals surface area contributed by atoms with Crippen LogP contribution in [0, 0.1) is 41.5 Å². The predicted octanol–water partition coefficient (Wildman–Crippen LogP) is 13.9. The second kappa shape index (κ2) is 13.4. The average Bonchev–Trinajstić information content (AvgIpc) is 3.87. The number of pyridine rings is 1. The SMILES string of the molecule is Cc1cc(C)c(-c2cnn(-c3ccc4c5ccccc5n(-c5ccc6c7ccccc7n(-c7cc(C(C)(C)C)ccn7)c6c5)c4c3)c2-c2c(C)cc(C)cc2C)c(C)c1. The number of hydrogen-bond acceptors (Lipinski definition) is 2. The van der Waals surface area contributed by atoms with E-state index >= 15 is 0 Å². The zero-order valence-corrected chi connectivity index (χ0v) is 35.4. The van der Waals surface area contributed by atoms with Gasteiger partial charge in [-0.05, 0) is 129 Å². The molecule has 4 aromatic heterocycles. The highest BCUT2D eigenvalue weighted by Crippen LogP contribution is 2.42. The average molecular weight is 768 g/mol. The summed E-state index contributed by atoms with van der Waals surface area (Å²) in [5.74, 6) is 0.924. The molecule has 6 aromatic carbocycles. The summed E-state index contributed by atoms with van der Waals surface area (Å²) in [7, 11) is 0. The van der Waals surface area contributed by atoms with E-state index in [9.17, 15) is 0 Å². The van der Waals surface area contributed by atoms with E-state index < -0.39 is 0 Å². The smallest absolute Gasteiger partial charge is 0.137 e. The van der Waals surface area contributed by atoms with Crippen LogP contribution in [-0.2, 0) is 5.41 Å². The third-order valence-corrected chi connectivity index (χ3v) is 12.3. The van der Waals surface area contributed by atoms with Crippen LogP contribution in [0.5, 0.6) is 0 Å². The molecule has 0 aliphatic heterocycles. The third-order valence-electron chi connectivity index (χ3n) is 12.3. The lowest BCUT2D eigenvalue weighted by Crippen LogP contribution is -2.12. The molecular formula is C54H49N5. The topological polar surface area (TPSA) is 40.6 Å². The predicted molar refractivity (Wildman–Crippen MR) is 248 cm³/mol. The van der Waals surface area contributed by atoms with Gasteiger partial charge in [0.1, 0.15) is 5.82 Å². The first kappa shape index (κ1) is 36.6. The summed E-state index contributed by atoms with van der Waals surface area (Å²) in [5.41, 5.74) is 20.2. The van der Waals surface area contributed by atoms with Crippen LogP contribution in [0.15, 0.2) is 134 Å². The minimum absolute atomic E-state index is 0.00780. The first-order valence-corrected chi connectivity index (χ1v) is 20.7. The fraction of sp³-hybridized carbons (Fsp3) is 0.185. The third kappa shape index (κ3) is 5.82. The lowest BCUT2D eigenvalue weighted by Gasteiger charge is -2.20. The van der Waals surface area contributed by atoms with Gasteiger partial charge in [0.05, 0.1) is 39.6 Å². The molecule has 0 saturated carbocycles. The van der Waals surface area contributed by atoms with Crippen molar-refractivity contribution in [3.05, 3.63) is 173 Å². The molecule has 0 aliphatic carbocycles. The molecule has 0 amide bonds. The van der Waals surface area contributed by atoms with E-state index in [1.54, 1.807) is 0 Å². The summed E-state index contributed by atoms with van der Waals surface area (Å²) in [5, 5.41) is 10.1. The molecule has 5 heteroatoms. The number of aryl methyl sites for hydroxylation is 6. The Morgan fingerprint density at radius 3 is 1.59 bits per heavy atom. The van der Waals surface area contributed by atoms with Crippen molar-refractivity contribution in [2.45, 2.75) is 67.7 Å². The number of fused-ring (bicyclic) bond motifs is 6. The highest BCUT2D eigenvalue weighted by molar-refractivity contribution is 6.12. The standard InChI is InChI=1S/C54H49N5/c1-32-24-34(3)51(35(4)25-32)45-31-56-59(53(45)52-36(5)26-33(2)27-37(52)6)40-19-21-43-41-14-10-12-16-46(41)57(48(43)30-40)39-18-20-44-42-15-11-13-17-47(42)58(49(44)29-39)50-28-38(22-23-55-50)54(7,8)9/h10-31H,1-9H3. The molecule has 0 saturated heterocycles. The van der Waals surface area contributed by atoms with E-state index in [1.807, 2.05) is 6.20 Å². The first-order chi connectivity index (χ1) is 28.4. The molecule has 0 fully saturated rings. The lowest BCUT2D eigenvalue weighted by molar-refractivity contribution is 0.588. The van der Waals surface area contributed by atoms with Crippen molar-refractivity contribution in [3.8, 4) is 39.6 Å². The fourth-order valence-electron chi connectivity index (χ4n) is 9.85. The van der Waals surface area contributed by atoms with Crippen molar-refractivity contribution in [2.75, 3.05) is 0 Å². The van der Waals surface area contributed by atoms with Crippen LogP contribution in [-0.4, -0.2) is 23.9 Å². The summed E-state index contributed by atoms with van der Waals surface area (Å²) in [6.07, 6.45) is 4.03. The maximum absolute atomic E-state index is 5.24. The van der Waals surface area contributed by atoms with Crippen molar-refractivity contribution >= 4 is 43.6 Å². The van der Waals surface area contributed by atoms with Gasteiger partial charge < -0.3 is 4.57 Å². The molecule has 0 unspecified atom stereocenters. The van der Waals surface area contributed by atoms with Gasteiger partial charge in [-0.1, -0.05) is 105 Å². The van der Waals surface area contributed by atoms with Crippen LogP contribution >= 0.6 is 0 Å². The van der Waals surface area contributed by atoms with Gasteiger partial charge in [-0.2, -0.15) is 5.10 Å². The largest absolute Gasteiger partial charge is 0.309 e. The lowest BCUT2D eigenvalue weighted by atomic mass is 9.88. The molecule has 10 rings (SSSR count). The number of nitrogens with zero attached hydrogens (tertiary/aromatic N) is 5. The van der Waals surface area contributed by atoms with Gasteiger partial charge in [0.15, 0.2) is 0 Å². The van der Waals surface area contributed by atoms with Crippen LogP contribution in [0.25, 0.3) is 83.2 Å².